The largest absolute Gasteiger partial charge is 0.326 e. The van der Waals surface area contributed by atoms with Crippen molar-refractivity contribution >= 4 is 21.6 Å². The number of carbonyl (C=O) groups excluding carboxylic acids is 1. The number of carbonyl (C=O) groups is 1. The average molecular weight is 311 g/mol. The van der Waals surface area contributed by atoms with E-state index in [0.29, 0.717) is 18.7 Å². The van der Waals surface area contributed by atoms with Crippen molar-refractivity contribution in [3.63, 3.8) is 0 Å². The predicted molar refractivity (Wildman–Crippen MR) is 81.2 cm³/mol. The number of rotatable bonds is 5. The van der Waals surface area contributed by atoms with E-state index in [0.717, 1.165) is 12.8 Å². The normalized spacial score (nSPS) is 20.1. The van der Waals surface area contributed by atoms with Crippen molar-refractivity contribution in [1.82, 2.24) is 9.29 Å². The van der Waals surface area contributed by atoms with Crippen LogP contribution in [0.5, 0.6) is 0 Å². The van der Waals surface area contributed by atoms with Gasteiger partial charge in [-0.05, 0) is 31.4 Å². The highest BCUT2D eigenvalue weighted by Crippen LogP contribution is 2.21. The maximum atomic E-state index is 12.2. The smallest absolute Gasteiger partial charge is 0.228 e. The minimum atomic E-state index is -3.23. The molecule has 7 heteroatoms. The van der Waals surface area contributed by atoms with E-state index in [1.807, 2.05) is 6.92 Å². The van der Waals surface area contributed by atoms with Crippen LogP contribution in [0.15, 0.2) is 24.5 Å². The number of sulfonamides is 1. The van der Waals surface area contributed by atoms with Crippen LogP contribution in [0.4, 0.5) is 5.69 Å². The van der Waals surface area contributed by atoms with Crippen molar-refractivity contribution in [3.8, 4) is 0 Å². The van der Waals surface area contributed by atoms with Gasteiger partial charge >= 0.3 is 0 Å². The Morgan fingerprint density at radius 1 is 1.43 bits per heavy atom. The fourth-order valence-corrected chi connectivity index (χ4v) is 4.06. The molecule has 1 aliphatic rings. The Labute approximate surface area is 125 Å². The second kappa shape index (κ2) is 7.00. The van der Waals surface area contributed by atoms with Gasteiger partial charge in [-0.25, -0.2) is 12.7 Å². The molecule has 1 N–H and O–H groups in total. The van der Waals surface area contributed by atoms with Crippen molar-refractivity contribution in [2.75, 3.05) is 24.2 Å². The Morgan fingerprint density at radius 2 is 2.14 bits per heavy atom. The summed E-state index contributed by atoms with van der Waals surface area (Å²) in [5.74, 6) is -0.276. The van der Waals surface area contributed by atoms with E-state index in [1.54, 1.807) is 24.5 Å². The molecule has 1 aliphatic heterocycles. The number of nitrogens with zero attached hydrogens (tertiary/aromatic N) is 2. The van der Waals surface area contributed by atoms with Crippen LogP contribution in [0, 0.1) is 5.92 Å². The Hall–Kier alpha value is -1.47. The molecular formula is C14H21N3O3S. The van der Waals surface area contributed by atoms with E-state index in [1.165, 1.54) is 4.31 Å². The molecule has 1 saturated heterocycles. The Balaban J connectivity index is 1.99. The molecule has 1 amide bonds. The van der Waals surface area contributed by atoms with E-state index in [2.05, 4.69) is 10.3 Å². The minimum absolute atomic E-state index is 0.127. The molecule has 0 spiro atoms. The van der Waals surface area contributed by atoms with Gasteiger partial charge in [0.15, 0.2) is 0 Å². The van der Waals surface area contributed by atoms with E-state index < -0.39 is 10.0 Å². The first kappa shape index (κ1) is 15.9. The van der Waals surface area contributed by atoms with Gasteiger partial charge in [0.25, 0.3) is 0 Å². The molecule has 21 heavy (non-hydrogen) atoms. The molecule has 0 radical (unpaired) electrons. The third-order valence-corrected chi connectivity index (χ3v) is 5.60. The van der Waals surface area contributed by atoms with Crippen molar-refractivity contribution in [3.05, 3.63) is 24.5 Å². The summed E-state index contributed by atoms with van der Waals surface area (Å²) in [5, 5.41) is 2.82. The molecule has 0 aliphatic carbocycles. The molecule has 1 aromatic heterocycles. The molecule has 0 saturated carbocycles. The molecule has 0 aromatic carbocycles. The highest BCUT2D eigenvalue weighted by atomic mass is 32.2. The first-order valence-electron chi connectivity index (χ1n) is 7.21. The summed E-state index contributed by atoms with van der Waals surface area (Å²) in [6.45, 7) is 2.63. The summed E-state index contributed by atoms with van der Waals surface area (Å²) in [7, 11) is -3.23. The van der Waals surface area contributed by atoms with E-state index >= 15 is 0 Å². The number of pyridine rings is 1. The van der Waals surface area contributed by atoms with Crippen molar-refractivity contribution in [1.29, 1.82) is 0 Å². The summed E-state index contributed by atoms with van der Waals surface area (Å²) >= 11 is 0. The molecule has 1 fully saturated rings. The lowest BCUT2D eigenvalue weighted by Gasteiger charge is -2.31. The van der Waals surface area contributed by atoms with Crippen LogP contribution in [-0.2, 0) is 14.8 Å². The SMILES string of the molecule is CCCS(=O)(=O)N1CCCC(C(=O)Nc2ccncc2)C1. The fraction of sp³-hybridized carbons (Fsp3) is 0.571. The van der Waals surface area contributed by atoms with Gasteiger partial charge in [-0.2, -0.15) is 0 Å². The van der Waals surface area contributed by atoms with Gasteiger partial charge in [0, 0.05) is 31.2 Å². The number of amides is 1. The van der Waals surface area contributed by atoms with Crippen molar-refractivity contribution in [2.24, 2.45) is 5.92 Å². The van der Waals surface area contributed by atoms with Gasteiger partial charge < -0.3 is 5.32 Å². The zero-order valence-electron chi connectivity index (χ0n) is 12.2. The molecule has 2 rings (SSSR count). The van der Waals surface area contributed by atoms with Gasteiger partial charge in [-0.1, -0.05) is 6.92 Å². The van der Waals surface area contributed by atoms with Crippen molar-refractivity contribution in [2.45, 2.75) is 26.2 Å². The third kappa shape index (κ3) is 4.25. The average Bonchev–Trinajstić information content (AvgIpc) is 2.48. The van der Waals surface area contributed by atoms with Crippen LogP contribution in [0.2, 0.25) is 0 Å². The lowest BCUT2D eigenvalue weighted by Crippen LogP contribution is -2.44. The highest BCUT2D eigenvalue weighted by Gasteiger charge is 2.31. The van der Waals surface area contributed by atoms with Gasteiger partial charge in [0.1, 0.15) is 0 Å². The molecule has 1 atom stereocenters. The first-order chi connectivity index (χ1) is 10.0. The summed E-state index contributed by atoms with van der Waals surface area (Å²) in [6, 6.07) is 3.43. The quantitative estimate of drug-likeness (QED) is 0.893. The lowest BCUT2D eigenvalue weighted by atomic mass is 9.99. The number of hydrogen-bond acceptors (Lipinski definition) is 4. The monoisotopic (exact) mass is 311 g/mol. The summed E-state index contributed by atoms with van der Waals surface area (Å²) in [5.41, 5.74) is 0.684. The third-order valence-electron chi connectivity index (χ3n) is 3.56. The summed E-state index contributed by atoms with van der Waals surface area (Å²) in [6.07, 6.45) is 5.24. The summed E-state index contributed by atoms with van der Waals surface area (Å²) < 4.78 is 25.7. The Morgan fingerprint density at radius 3 is 2.81 bits per heavy atom. The minimum Gasteiger partial charge on any atom is -0.326 e. The number of piperidine rings is 1. The molecule has 1 aromatic rings. The summed E-state index contributed by atoms with van der Waals surface area (Å²) in [4.78, 5) is 16.1. The van der Waals surface area contributed by atoms with Gasteiger partial charge in [0.2, 0.25) is 15.9 Å². The van der Waals surface area contributed by atoms with Crippen molar-refractivity contribution < 1.29 is 13.2 Å². The number of anilines is 1. The van der Waals surface area contributed by atoms with E-state index in [9.17, 15) is 13.2 Å². The fourth-order valence-electron chi connectivity index (χ4n) is 2.48. The standard InChI is InChI=1S/C14H21N3O3S/c1-2-10-21(19,20)17-9-3-4-12(11-17)14(18)16-13-5-7-15-8-6-13/h5-8,12H,2-4,9-11H2,1H3,(H,15,16,18). The zero-order valence-corrected chi connectivity index (χ0v) is 13.0. The zero-order chi connectivity index (χ0) is 15.3. The molecule has 2 heterocycles. The topological polar surface area (TPSA) is 79.4 Å². The Kier molecular flexibility index (Phi) is 5.30. The number of hydrogen-bond donors (Lipinski definition) is 1. The number of aromatic nitrogens is 1. The molecule has 0 bridgehead atoms. The van der Waals surface area contributed by atoms with Crippen LogP contribution >= 0.6 is 0 Å². The molecule has 1 unspecified atom stereocenters. The maximum Gasteiger partial charge on any atom is 0.228 e. The highest BCUT2D eigenvalue weighted by molar-refractivity contribution is 7.89. The second-order valence-electron chi connectivity index (χ2n) is 5.24. The van der Waals surface area contributed by atoms with E-state index in [4.69, 9.17) is 0 Å². The second-order valence-corrected chi connectivity index (χ2v) is 7.33. The number of nitrogens with one attached hydrogen (secondary N) is 1. The maximum absolute atomic E-state index is 12.2. The molecule has 116 valence electrons. The van der Waals surface area contributed by atoms with E-state index in [-0.39, 0.29) is 24.1 Å². The van der Waals surface area contributed by atoms with Gasteiger partial charge in [-0.3, -0.25) is 9.78 Å². The van der Waals surface area contributed by atoms with Crippen LogP contribution in [0.1, 0.15) is 26.2 Å². The van der Waals surface area contributed by atoms with Crippen LogP contribution in [0.3, 0.4) is 0 Å². The first-order valence-corrected chi connectivity index (χ1v) is 8.82. The van der Waals surface area contributed by atoms with Gasteiger partial charge in [-0.15, -0.1) is 0 Å². The Bertz CT molecular complexity index is 574. The lowest BCUT2D eigenvalue weighted by molar-refractivity contribution is -0.120. The molecular weight excluding hydrogens is 290 g/mol. The van der Waals surface area contributed by atoms with Crippen LogP contribution < -0.4 is 5.32 Å². The molecule has 6 nitrogen and oxygen atoms in total. The van der Waals surface area contributed by atoms with Crippen LogP contribution in [-0.4, -0.2) is 42.5 Å². The van der Waals surface area contributed by atoms with Crippen LogP contribution in [0.25, 0.3) is 0 Å². The predicted octanol–water partition coefficient (Wildman–Crippen LogP) is 1.47. The van der Waals surface area contributed by atoms with Gasteiger partial charge in [0.05, 0.1) is 11.7 Å².